The Kier molecular flexibility index (Phi) is 34.9. The van der Waals surface area contributed by atoms with Crippen molar-refractivity contribution in [2.75, 3.05) is 26.4 Å². The average molecular weight is 961 g/mol. The zero-order valence-corrected chi connectivity index (χ0v) is 40.5. The molecular formula is C53H84O15. The Morgan fingerprint density at radius 1 is 0.500 bits per heavy atom. The number of hydrogen-bond acceptors (Lipinski definition) is 15. The first-order valence-electron chi connectivity index (χ1n) is 24.9. The summed E-state index contributed by atoms with van der Waals surface area (Å²) in [4.78, 5) is 25.7. The first-order valence-corrected chi connectivity index (χ1v) is 24.9. The van der Waals surface area contributed by atoms with Crippen molar-refractivity contribution in [1.82, 2.24) is 0 Å². The summed E-state index contributed by atoms with van der Waals surface area (Å²) in [7, 11) is 0. The highest BCUT2D eigenvalue weighted by Gasteiger charge is 2.47. The lowest BCUT2D eigenvalue weighted by atomic mass is 9.98. The van der Waals surface area contributed by atoms with Crippen molar-refractivity contribution in [2.45, 2.75) is 197 Å². The number of ether oxygens (including phenoxy) is 6. The number of allylic oxidation sites excluding steroid dienone is 16. The van der Waals surface area contributed by atoms with Crippen molar-refractivity contribution < 1.29 is 73.8 Å². The van der Waals surface area contributed by atoms with Gasteiger partial charge in [0.25, 0.3) is 0 Å². The zero-order valence-electron chi connectivity index (χ0n) is 40.5. The normalized spacial score (nSPS) is 26.6. The van der Waals surface area contributed by atoms with Crippen LogP contribution in [0.2, 0.25) is 0 Å². The van der Waals surface area contributed by atoms with Crippen LogP contribution in [-0.2, 0) is 38.0 Å². The van der Waals surface area contributed by atoms with Crippen molar-refractivity contribution in [3.8, 4) is 0 Å². The van der Waals surface area contributed by atoms with Gasteiger partial charge in [-0.2, -0.15) is 0 Å². The third-order valence-corrected chi connectivity index (χ3v) is 11.1. The largest absolute Gasteiger partial charge is 0.462 e. The number of rotatable bonds is 36. The van der Waals surface area contributed by atoms with E-state index in [4.69, 9.17) is 28.4 Å². The fourth-order valence-electron chi connectivity index (χ4n) is 7.04. The smallest absolute Gasteiger partial charge is 0.306 e. The Balaban J connectivity index is 1.86. The molecule has 7 N–H and O–H groups in total. The Morgan fingerprint density at radius 2 is 1.00 bits per heavy atom. The second kappa shape index (κ2) is 39.2. The van der Waals surface area contributed by atoms with E-state index in [9.17, 15) is 45.3 Å². The van der Waals surface area contributed by atoms with E-state index < -0.39 is 99.3 Å². The van der Waals surface area contributed by atoms with Gasteiger partial charge < -0.3 is 64.2 Å². The van der Waals surface area contributed by atoms with E-state index in [2.05, 4.69) is 62.5 Å². The molecule has 15 nitrogen and oxygen atoms in total. The molecule has 2 fully saturated rings. The first kappa shape index (κ1) is 60.5. The molecule has 0 aromatic rings. The fraction of sp³-hybridized carbons (Fsp3) is 0.660. The van der Waals surface area contributed by atoms with Gasteiger partial charge in [-0.1, -0.05) is 143 Å². The van der Waals surface area contributed by atoms with E-state index in [0.29, 0.717) is 19.3 Å². The van der Waals surface area contributed by atoms with Gasteiger partial charge in [-0.3, -0.25) is 9.59 Å². The minimum Gasteiger partial charge on any atom is -0.462 e. The maximum atomic E-state index is 13.0. The topological polar surface area (TPSA) is 231 Å². The molecular weight excluding hydrogens is 877 g/mol. The van der Waals surface area contributed by atoms with E-state index in [1.807, 2.05) is 48.6 Å². The van der Waals surface area contributed by atoms with Crippen molar-refractivity contribution in [3.05, 3.63) is 97.2 Å². The summed E-state index contributed by atoms with van der Waals surface area (Å²) in [5.74, 6) is -1.03. The molecule has 0 amide bonds. The van der Waals surface area contributed by atoms with Crippen molar-refractivity contribution in [2.24, 2.45) is 0 Å². The van der Waals surface area contributed by atoms with Gasteiger partial charge in [0.2, 0.25) is 0 Å². The second-order valence-corrected chi connectivity index (χ2v) is 17.0. The maximum Gasteiger partial charge on any atom is 0.306 e. The third kappa shape index (κ3) is 27.0. The summed E-state index contributed by atoms with van der Waals surface area (Å²) < 4.78 is 33.4. The highest BCUT2D eigenvalue weighted by atomic mass is 16.7. The number of esters is 2. The molecule has 4 unspecified atom stereocenters. The molecule has 0 radical (unpaired) electrons. The predicted octanol–water partition coefficient (Wildman–Crippen LogP) is 6.59. The molecule has 0 bridgehead atoms. The molecule has 15 heteroatoms. The molecule has 0 spiro atoms. The van der Waals surface area contributed by atoms with Gasteiger partial charge in [0, 0.05) is 12.8 Å². The van der Waals surface area contributed by atoms with Crippen LogP contribution in [0.15, 0.2) is 97.2 Å². The lowest BCUT2D eigenvalue weighted by Gasteiger charge is -2.42. The fourth-order valence-corrected chi connectivity index (χ4v) is 7.04. The number of carbonyl (C=O) groups is 2. The number of aliphatic hydroxyl groups is 7. The van der Waals surface area contributed by atoms with Crippen molar-refractivity contribution in [1.29, 1.82) is 0 Å². The molecule has 2 saturated heterocycles. The molecule has 386 valence electrons. The Bertz CT molecular complexity index is 1550. The van der Waals surface area contributed by atoms with E-state index in [1.165, 1.54) is 19.3 Å². The number of aliphatic hydroxyl groups excluding tert-OH is 7. The molecule has 0 saturated carbocycles. The quantitative estimate of drug-likeness (QED) is 0.0152. The Labute approximate surface area is 405 Å². The van der Waals surface area contributed by atoms with Crippen LogP contribution < -0.4 is 0 Å². The molecule has 68 heavy (non-hydrogen) atoms. The van der Waals surface area contributed by atoms with Crippen LogP contribution in [0, 0.1) is 0 Å². The molecule has 0 aliphatic carbocycles. The van der Waals surface area contributed by atoms with E-state index in [-0.39, 0.29) is 19.4 Å². The van der Waals surface area contributed by atoms with Gasteiger partial charge in [-0.15, -0.1) is 0 Å². The molecule has 2 aliphatic heterocycles. The van der Waals surface area contributed by atoms with Gasteiger partial charge in [-0.05, 0) is 70.6 Å². The maximum absolute atomic E-state index is 13.0. The van der Waals surface area contributed by atoms with Crippen LogP contribution in [-0.4, -0.2) is 142 Å². The summed E-state index contributed by atoms with van der Waals surface area (Å²) in [5.41, 5.74) is 0. The number of carbonyl (C=O) groups excluding carboxylic acids is 2. The van der Waals surface area contributed by atoms with Gasteiger partial charge in [0.15, 0.2) is 18.7 Å². The Hall–Kier alpha value is -3.58. The molecule has 0 aromatic heterocycles. The Morgan fingerprint density at radius 3 is 1.63 bits per heavy atom. The van der Waals surface area contributed by atoms with Crippen molar-refractivity contribution >= 4 is 11.9 Å². The van der Waals surface area contributed by atoms with Crippen LogP contribution in [0.3, 0.4) is 0 Å². The highest BCUT2D eigenvalue weighted by Crippen LogP contribution is 2.26. The minimum atomic E-state index is -1.78. The summed E-state index contributed by atoms with van der Waals surface area (Å²) in [6.07, 6.45) is 31.5. The van der Waals surface area contributed by atoms with Crippen LogP contribution >= 0.6 is 0 Å². The van der Waals surface area contributed by atoms with E-state index in [0.717, 1.165) is 64.2 Å². The van der Waals surface area contributed by atoms with Gasteiger partial charge in [0.05, 0.1) is 19.8 Å². The van der Waals surface area contributed by atoms with Crippen LogP contribution in [0.5, 0.6) is 0 Å². The zero-order chi connectivity index (χ0) is 49.6. The molecule has 2 heterocycles. The number of hydrogen-bond donors (Lipinski definition) is 7. The highest BCUT2D eigenvalue weighted by molar-refractivity contribution is 5.70. The lowest BCUT2D eigenvalue weighted by Crippen LogP contribution is -2.61. The molecule has 0 aromatic carbocycles. The van der Waals surface area contributed by atoms with Crippen LogP contribution in [0.25, 0.3) is 0 Å². The summed E-state index contributed by atoms with van der Waals surface area (Å²) in [6, 6.07) is 0. The number of unbranched alkanes of at least 4 members (excludes halogenated alkanes) is 9. The molecule has 2 aliphatic rings. The van der Waals surface area contributed by atoms with E-state index >= 15 is 0 Å². The summed E-state index contributed by atoms with van der Waals surface area (Å²) in [6.45, 7) is 2.30. The van der Waals surface area contributed by atoms with Crippen LogP contribution in [0.1, 0.15) is 129 Å². The predicted molar refractivity (Wildman–Crippen MR) is 261 cm³/mol. The monoisotopic (exact) mass is 961 g/mol. The van der Waals surface area contributed by atoms with Gasteiger partial charge >= 0.3 is 11.9 Å². The van der Waals surface area contributed by atoms with E-state index in [1.54, 1.807) is 0 Å². The molecule has 2 rings (SSSR count). The molecule has 11 atom stereocenters. The second-order valence-electron chi connectivity index (χ2n) is 17.0. The standard InChI is InChI=1S/C53H84O15/c1-3-5-7-9-11-13-15-17-19-20-22-23-25-27-29-31-33-35-44(55)63-38-41(66-45(56)36-34-32-30-28-26-24-21-18-16-14-12-10-8-6-4-2)39-64-52-51(62)49(60)47(58)43(68-52)40-65-53-50(61)48(59)46(57)42(37-54)67-53/h6,8,10-14,16-19,21-23,27,29,41-43,46-54,57-62H,3-5,7,9,15,20,24-26,28,30-40H2,1-2H3/b8-6+,12-10+,13-11+,16-14+,19-17+,21-18+,23-22+,29-27+/t41-,42+,43+,46-,47-,48?,49?,50?,51?,52+,53+/m0/s1. The lowest BCUT2D eigenvalue weighted by molar-refractivity contribution is -0.332. The summed E-state index contributed by atoms with van der Waals surface area (Å²) >= 11 is 0. The summed E-state index contributed by atoms with van der Waals surface area (Å²) in [5, 5.41) is 72.0. The first-order chi connectivity index (χ1) is 33.0. The SMILES string of the molecule is CC/C=C/C=C/C=C/C=C/CCCCCCCC(=O)O[C@@H](COC(=O)CCC/C=C/C/C=C/C/C=C/C/C=C/CCCCC)CO[C@@H]1O[C@H](CO[C@@H]2O[C@H](CO)[C@H](O)C(O)C2O)[C@H](O)C(O)C1O. The van der Waals surface area contributed by atoms with Gasteiger partial charge in [-0.25, -0.2) is 0 Å². The minimum absolute atomic E-state index is 0.121. The van der Waals surface area contributed by atoms with Crippen molar-refractivity contribution in [3.63, 3.8) is 0 Å². The third-order valence-electron chi connectivity index (χ3n) is 11.1. The van der Waals surface area contributed by atoms with Gasteiger partial charge in [0.1, 0.15) is 55.4 Å². The van der Waals surface area contributed by atoms with Crippen LogP contribution in [0.4, 0.5) is 0 Å². The average Bonchev–Trinajstić information content (AvgIpc) is 3.33.